The smallest absolute Gasteiger partial charge is 0.257 e. The van der Waals surface area contributed by atoms with Crippen LogP contribution in [-0.4, -0.2) is 54.6 Å². The van der Waals surface area contributed by atoms with Gasteiger partial charge in [0, 0.05) is 48.5 Å². The quantitative estimate of drug-likeness (QED) is 0.598. The number of rotatable bonds is 6. The standard InChI is InChI=1S/C26H34N4O3S/c1-5-17-33-22-8-6-7-19(18-22)23(31)28-25(34)27-20-9-11-21(12-10-20)29-13-15-30(16-14-29)24(32)26(2,3)4/h6-12,18H,5,13-17H2,1-4H3,(H2,27,28,31,34). The van der Waals surface area contributed by atoms with Crippen molar-refractivity contribution < 1.29 is 14.3 Å². The number of anilines is 2. The average molecular weight is 483 g/mol. The second-order valence-corrected chi connectivity index (χ2v) is 9.77. The van der Waals surface area contributed by atoms with E-state index in [1.165, 1.54) is 0 Å². The van der Waals surface area contributed by atoms with Gasteiger partial charge in [0.2, 0.25) is 5.91 Å². The first kappa shape index (κ1) is 25.5. The molecule has 0 aromatic heterocycles. The molecule has 0 spiro atoms. The third-order valence-electron chi connectivity index (χ3n) is 5.49. The molecule has 1 heterocycles. The van der Waals surface area contributed by atoms with Crippen molar-refractivity contribution >= 4 is 40.5 Å². The lowest BCUT2D eigenvalue weighted by atomic mass is 9.94. The van der Waals surface area contributed by atoms with Gasteiger partial charge in [-0.1, -0.05) is 33.8 Å². The van der Waals surface area contributed by atoms with Crippen LogP contribution in [0.5, 0.6) is 5.75 Å². The van der Waals surface area contributed by atoms with E-state index in [0.717, 1.165) is 44.0 Å². The summed E-state index contributed by atoms with van der Waals surface area (Å²) in [4.78, 5) is 29.2. The zero-order valence-corrected chi connectivity index (χ0v) is 21.2. The molecule has 0 radical (unpaired) electrons. The molecule has 1 aliphatic rings. The van der Waals surface area contributed by atoms with Gasteiger partial charge in [0.15, 0.2) is 5.11 Å². The van der Waals surface area contributed by atoms with Gasteiger partial charge >= 0.3 is 0 Å². The molecule has 1 saturated heterocycles. The molecule has 2 N–H and O–H groups in total. The molecule has 182 valence electrons. The van der Waals surface area contributed by atoms with E-state index in [2.05, 4.69) is 15.5 Å². The predicted molar refractivity (Wildman–Crippen MR) is 141 cm³/mol. The highest BCUT2D eigenvalue weighted by Gasteiger charge is 2.29. The second-order valence-electron chi connectivity index (χ2n) is 9.36. The molecule has 3 rings (SSSR count). The van der Waals surface area contributed by atoms with Crippen molar-refractivity contribution in [3.63, 3.8) is 0 Å². The van der Waals surface area contributed by atoms with Crippen LogP contribution >= 0.6 is 12.2 Å². The van der Waals surface area contributed by atoms with Crippen molar-refractivity contribution in [2.45, 2.75) is 34.1 Å². The van der Waals surface area contributed by atoms with Crippen LogP contribution in [0, 0.1) is 5.41 Å². The zero-order valence-electron chi connectivity index (χ0n) is 20.4. The first-order chi connectivity index (χ1) is 16.2. The molecule has 2 aromatic carbocycles. The van der Waals surface area contributed by atoms with Crippen LogP contribution in [0.3, 0.4) is 0 Å². The lowest BCUT2D eigenvalue weighted by Gasteiger charge is -2.38. The van der Waals surface area contributed by atoms with Gasteiger partial charge in [0.25, 0.3) is 5.91 Å². The molecule has 7 nitrogen and oxygen atoms in total. The molecule has 8 heteroatoms. The third kappa shape index (κ3) is 6.93. The summed E-state index contributed by atoms with van der Waals surface area (Å²) in [5, 5.41) is 6.00. The second kappa shape index (κ2) is 11.3. The number of hydrogen-bond acceptors (Lipinski definition) is 5. The maximum atomic E-state index is 12.5. The largest absolute Gasteiger partial charge is 0.494 e. The van der Waals surface area contributed by atoms with Crippen LogP contribution < -0.4 is 20.3 Å². The molecular weight excluding hydrogens is 448 g/mol. The van der Waals surface area contributed by atoms with E-state index >= 15 is 0 Å². The summed E-state index contributed by atoms with van der Waals surface area (Å²) in [6.45, 7) is 11.5. The third-order valence-corrected chi connectivity index (χ3v) is 5.70. The molecule has 0 saturated carbocycles. The number of carbonyl (C=O) groups excluding carboxylic acids is 2. The highest BCUT2D eigenvalue weighted by Crippen LogP contribution is 2.22. The van der Waals surface area contributed by atoms with Crippen molar-refractivity contribution in [1.82, 2.24) is 10.2 Å². The van der Waals surface area contributed by atoms with Crippen LogP contribution in [0.4, 0.5) is 11.4 Å². The number of nitrogens with zero attached hydrogens (tertiary/aromatic N) is 2. The Kier molecular flexibility index (Phi) is 8.50. The van der Waals surface area contributed by atoms with E-state index < -0.39 is 0 Å². The normalized spacial score (nSPS) is 13.9. The summed E-state index contributed by atoms with van der Waals surface area (Å²) in [6.07, 6.45) is 0.899. The van der Waals surface area contributed by atoms with Crippen LogP contribution in [0.15, 0.2) is 48.5 Å². The molecule has 34 heavy (non-hydrogen) atoms. The minimum absolute atomic E-state index is 0.197. The number of ether oxygens (including phenoxy) is 1. The van der Waals surface area contributed by atoms with E-state index in [1.807, 2.05) is 62.9 Å². The molecule has 0 aliphatic carbocycles. The van der Waals surface area contributed by atoms with Crippen molar-refractivity contribution in [1.29, 1.82) is 0 Å². The van der Waals surface area contributed by atoms with Gasteiger partial charge in [-0.15, -0.1) is 0 Å². The van der Waals surface area contributed by atoms with Crippen molar-refractivity contribution in [3.8, 4) is 5.75 Å². The van der Waals surface area contributed by atoms with Crippen LogP contribution in [0.25, 0.3) is 0 Å². The Morgan fingerprint density at radius 1 is 1.03 bits per heavy atom. The zero-order chi connectivity index (χ0) is 24.7. The maximum Gasteiger partial charge on any atom is 0.257 e. The SMILES string of the molecule is CCCOc1cccc(C(=O)NC(=S)Nc2ccc(N3CCN(C(=O)C(C)(C)C)CC3)cc2)c1. The van der Waals surface area contributed by atoms with Crippen molar-refractivity contribution in [2.75, 3.05) is 43.0 Å². The van der Waals surface area contributed by atoms with E-state index in [0.29, 0.717) is 17.9 Å². The molecular formula is C26H34N4O3S. The maximum absolute atomic E-state index is 12.5. The topological polar surface area (TPSA) is 73.9 Å². The van der Waals surface area contributed by atoms with Crippen LogP contribution in [0.2, 0.25) is 0 Å². The fourth-order valence-electron chi connectivity index (χ4n) is 3.68. The monoisotopic (exact) mass is 482 g/mol. The lowest BCUT2D eigenvalue weighted by Crippen LogP contribution is -2.51. The van der Waals surface area contributed by atoms with Gasteiger partial charge in [0.1, 0.15) is 5.75 Å². The number of thiocarbonyl (C=S) groups is 1. The number of benzene rings is 2. The summed E-state index contributed by atoms with van der Waals surface area (Å²) in [5.41, 5.74) is 2.01. The fraction of sp³-hybridized carbons (Fsp3) is 0.423. The van der Waals surface area contributed by atoms with E-state index in [4.69, 9.17) is 17.0 Å². The minimum atomic E-state index is -0.352. The first-order valence-corrected chi connectivity index (χ1v) is 12.1. The molecule has 1 fully saturated rings. The van der Waals surface area contributed by atoms with Gasteiger partial charge in [-0.2, -0.15) is 0 Å². The molecule has 0 bridgehead atoms. The van der Waals surface area contributed by atoms with Gasteiger partial charge < -0.3 is 19.9 Å². The van der Waals surface area contributed by atoms with E-state index in [-0.39, 0.29) is 22.3 Å². The first-order valence-electron chi connectivity index (χ1n) is 11.7. The number of piperazine rings is 1. The predicted octanol–water partition coefficient (Wildman–Crippen LogP) is 4.30. The van der Waals surface area contributed by atoms with Crippen molar-refractivity contribution in [2.24, 2.45) is 5.41 Å². The highest BCUT2D eigenvalue weighted by atomic mass is 32.1. The minimum Gasteiger partial charge on any atom is -0.494 e. The summed E-state index contributed by atoms with van der Waals surface area (Å²) in [5.74, 6) is 0.564. The average Bonchev–Trinajstić information content (AvgIpc) is 2.82. The Labute approximate surface area is 207 Å². The molecule has 1 aliphatic heterocycles. The molecule has 0 unspecified atom stereocenters. The van der Waals surface area contributed by atoms with Crippen LogP contribution in [0.1, 0.15) is 44.5 Å². The van der Waals surface area contributed by atoms with Gasteiger partial charge in [-0.25, -0.2) is 0 Å². The number of amides is 2. The molecule has 2 amide bonds. The van der Waals surface area contributed by atoms with Gasteiger partial charge in [0.05, 0.1) is 6.61 Å². The Morgan fingerprint density at radius 3 is 2.32 bits per heavy atom. The fourth-order valence-corrected chi connectivity index (χ4v) is 3.89. The number of carbonyl (C=O) groups is 2. The lowest BCUT2D eigenvalue weighted by molar-refractivity contribution is -0.139. The number of nitrogens with one attached hydrogen (secondary N) is 2. The molecule has 2 aromatic rings. The van der Waals surface area contributed by atoms with E-state index in [9.17, 15) is 9.59 Å². The van der Waals surface area contributed by atoms with Crippen LogP contribution in [-0.2, 0) is 4.79 Å². The Hall–Kier alpha value is -3.13. The summed E-state index contributed by atoms with van der Waals surface area (Å²) >= 11 is 5.32. The Morgan fingerprint density at radius 2 is 1.71 bits per heavy atom. The molecule has 0 atom stereocenters. The number of hydrogen-bond donors (Lipinski definition) is 2. The van der Waals surface area contributed by atoms with Crippen molar-refractivity contribution in [3.05, 3.63) is 54.1 Å². The van der Waals surface area contributed by atoms with E-state index in [1.54, 1.807) is 18.2 Å². The van der Waals surface area contributed by atoms with Gasteiger partial charge in [-0.3, -0.25) is 14.9 Å². The Bertz CT molecular complexity index is 1010. The summed E-state index contributed by atoms with van der Waals surface area (Å²) in [6, 6.07) is 14.9. The summed E-state index contributed by atoms with van der Waals surface area (Å²) < 4.78 is 5.59. The summed E-state index contributed by atoms with van der Waals surface area (Å²) in [7, 11) is 0. The Balaban J connectivity index is 1.50. The van der Waals surface area contributed by atoms with Gasteiger partial charge in [-0.05, 0) is 61.1 Å². The highest BCUT2D eigenvalue weighted by molar-refractivity contribution is 7.80.